The van der Waals surface area contributed by atoms with E-state index in [9.17, 15) is 81.7 Å². The quantitative estimate of drug-likeness (QED) is 0.0666. The lowest BCUT2D eigenvalue weighted by molar-refractivity contribution is -0.375. The van der Waals surface area contributed by atoms with E-state index in [0.717, 1.165) is 18.4 Å². The molecule has 0 bridgehead atoms. The van der Waals surface area contributed by atoms with E-state index in [1.807, 2.05) is 0 Å². The molecule has 0 spiro atoms. The molecule has 16 N–H and O–H groups in total. The molecule has 7 fully saturated rings. The first-order chi connectivity index (χ1) is 36.5. The first-order valence-electron chi connectivity index (χ1n) is 28.4. The second-order valence-electron chi connectivity index (χ2n) is 26.3. The van der Waals surface area contributed by atoms with Gasteiger partial charge < -0.3 is 115 Å². The van der Waals surface area contributed by atoms with Crippen molar-refractivity contribution < 1.29 is 115 Å². The van der Waals surface area contributed by atoms with Gasteiger partial charge in [0.1, 0.15) is 85.5 Å². The fraction of sp³-hybridized carbons (Fsp3) is 0.964. The van der Waals surface area contributed by atoms with E-state index in [4.69, 9.17) is 33.2 Å². The van der Waals surface area contributed by atoms with Crippen LogP contribution in [0.3, 0.4) is 0 Å². The number of aliphatic hydroxyl groups is 16. The highest BCUT2D eigenvalue weighted by atomic mass is 16.8. The van der Waals surface area contributed by atoms with Crippen LogP contribution in [0.15, 0.2) is 11.6 Å². The number of allylic oxidation sites excluding steroid dienone is 1. The van der Waals surface area contributed by atoms with Crippen molar-refractivity contribution in [2.45, 2.75) is 254 Å². The van der Waals surface area contributed by atoms with Gasteiger partial charge in [-0.1, -0.05) is 53.2 Å². The molecule has 8 rings (SSSR count). The number of hydrogen-bond donors (Lipinski definition) is 16. The van der Waals surface area contributed by atoms with Gasteiger partial charge in [-0.15, -0.1) is 0 Å². The van der Waals surface area contributed by atoms with Gasteiger partial charge in [-0.2, -0.15) is 0 Å². The molecule has 4 saturated carbocycles. The van der Waals surface area contributed by atoms with E-state index >= 15 is 0 Å². The molecule has 0 amide bonds. The molecule has 5 aliphatic carbocycles. The summed E-state index contributed by atoms with van der Waals surface area (Å²) < 4.78 is 42.5. The lowest BCUT2D eigenvalue weighted by Crippen LogP contribution is -2.65. The SMILES string of the molecule is C[C@H](CC[C@@H](O[C@@H]1O[C@H](CO)[C@@H](O)[C@H](O)[C@H]1O[C@@H]1O[C@H](CO)[C@@H](O)[C@H](O)[C@H]1O)C(C)(C)O)C1CC[C@@]2(C)C3CC=C4C(CC[C@H](O[C@@H]5O[C@H](CO)[C@@H](O)[C@H](O[C@@H]6C[C@H](CO)[C@@H](O)[C@H](O)[C@H]6O)[C@H]5O)C4(C)C)[C@]3(C)[C@H](O)C[C@]12C. The summed E-state index contributed by atoms with van der Waals surface area (Å²) in [5.41, 5.74) is -2.09. The molecule has 23 nitrogen and oxygen atoms in total. The molecule has 30 atom stereocenters. The van der Waals surface area contributed by atoms with E-state index in [1.54, 1.807) is 13.8 Å². The molecule has 3 heterocycles. The summed E-state index contributed by atoms with van der Waals surface area (Å²) in [6, 6.07) is 0. The van der Waals surface area contributed by atoms with E-state index in [-0.39, 0.29) is 47.3 Å². The molecule has 3 saturated heterocycles. The Hall–Kier alpha value is -1.18. The summed E-state index contributed by atoms with van der Waals surface area (Å²) in [7, 11) is 0. The van der Waals surface area contributed by atoms with Crippen molar-refractivity contribution in [3.05, 3.63) is 11.6 Å². The first-order valence-corrected chi connectivity index (χ1v) is 28.4. The predicted octanol–water partition coefficient (Wildman–Crippen LogP) is -2.57. The highest BCUT2D eigenvalue weighted by Gasteiger charge is 2.70. The lowest BCUT2D eigenvalue weighted by Gasteiger charge is -2.67. The summed E-state index contributed by atoms with van der Waals surface area (Å²) in [4.78, 5) is 0. The summed E-state index contributed by atoms with van der Waals surface area (Å²) in [6.45, 7) is 13.7. The third kappa shape index (κ3) is 10.9. The van der Waals surface area contributed by atoms with Gasteiger partial charge in [0.25, 0.3) is 0 Å². The number of rotatable bonds is 17. The zero-order valence-electron chi connectivity index (χ0n) is 46.4. The molecule has 3 unspecified atom stereocenters. The Morgan fingerprint density at radius 1 is 0.603 bits per heavy atom. The summed E-state index contributed by atoms with van der Waals surface area (Å²) in [5, 5.41) is 173. The van der Waals surface area contributed by atoms with Crippen molar-refractivity contribution in [2.24, 2.45) is 51.2 Å². The van der Waals surface area contributed by atoms with Crippen LogP contribution in [0.4, 0.5) is 0 Å². The van der Waals surface area contributed by atoms with Crippen LogP contribution in [0.25, 0.3) is 0 Å². The van der Waals surface area contributed by atoms with Gasteiger partial charge in [0, 0.05) is 23.4 Å². The molecule has 3 aliphatic heterocycles. The molecule has 78 heavy (non-hydrogen) atoms. The normalized spacial score (nSPS) is 51.4. The van der Waals surface area contributed by atoms with E-state index in [1.165, 1.54) is 0 Å². The number of hydrogen-bond acceptors (Lipinski definition) is 23. The average molecular weight is 1120 g/mol. The topological polar surface area (TPSA) is 388 Å². The van der Waals surface area contributed by atoms with Crippen LogP contribution in [-0.4, -0.2) is 249 Å². The standard InChI is InChI=1S/C55H94O23/c1-23(9-13-35(52(4,5)71)77-50-47(43(68)39(64)30(21-58)75-50)78-48-44(69)42(67)38(63)29(20-57)73-48)25-15-16-53(6)32-12-10-26-27(55(32,8)33(60)18-54(25,53)7)11-14-34(51(26,2)3)76-49-45(70)46(40(65)31(22-59)74-49)72-28-17-24(19-56)36(61)41(66)37(28)62/h10,23-25,27-50,56-71H,9,11-22H2,1-8H3/t23-,24-,25?,27?,28-,29-,30-,31-,32?,33-,34+,35-,36-,37+,38-,39-,40-,41+,42+,43+,44-,45-,46+,47-,48+,49+,50+,53+,54-,55+/m1/s1. The summed E-state index contributed by atoms with van der Waals surface area (Å²) in [5.74, 6) is -0.592. The highest BCUT2D eigenvalue weighted by Crippen LogP contribution is 2.75. The van der Waals surface area contributed by atoms with Gasteiger partial charge in [0.2, 0.25) is 0 Å². The maximum absolute atomic E-state index is 12.8. The second kappa shape index (κ2) is 23.7. The third-order valence-corrected chi connectivity index (χ3v) is 21.3. The zero-order chi connectivity index (χ0) is 57.5. The monoisotopic (exact) mass is 1120 g/mol. The minimum Gasteiger partial charge on any atom is -0.396 e. The van der Waals surface area contributed by atoms with Crippen LogP contribution < -0.4 is 0 Å². The Labute approximate surface area is 456 Å². The van der Waals surface area contributed by atoms with Crippen LogP contribution in [0.1, 0.15) is 113 Å². The molecule has 0 aromatic rings. The van der Waals surface area contributed by atoms with Crippen molar-refractivity contribution >= 4 is 0 Å². The molecule has 0 aromatic heterocycles. The average Bonchev–Trinajstić information content (AvgIpc) is 2.50. The lowest BCUT2D eigenvalue weighted by atomic mass is 9.38. The minimum atomic E-state index is -1.85. The Bertz CT molecular complexity index is 2020. The molecular weight excluding hydrogens is 1030 g/mol. The van der Waals surface area contributed by atoms with Crippen LogP contribution in [0, 0.1) is 51.2 Å². The van der Waals surface area contributed by atoms with Crippen LogP contribution in [0.2, 0.25) is 0 Å². The Balaban J connectivity index is 0.957. The Morgan fingerprint density at radius 3 is 1.78 bits per heavy atom. The molecule has 23 heteroatoms. The maximum atomic E-state index is 12.8. The maximum Gasteiger partial charge on any atom is 0.187 e. The van der Waals surface area contributed by atoms with E-state index < -0.39 is 184 Å². The predicted molar refractivity (Wildman–Crippen MR) is 271 cm³/mol. The molecule has 452 valence electrons. The number of fused-ring (bicyclic) bond motifs is 5. The van der Waals surface area contributed by atoms with Crippen molar-refractivity contribution in [3.63, 3.8) is 0 Å². The van der Waals surface area contributed by atoms with E-state index in [0.29, 0.717) is 32.1 Å². The highest BCUT2D eigenvalue weighted by molar-refractivity contribution is 5.32. The third-order valence-electron chi connectivity index (χ3n) is 21.3. The van der Waals surface area contributed by atoms with Gasteiger partial charge in [0.05, 0.1) is 55.9 Å². The minimum absolute atomic E-state index is 0.0291. The van der Waals surface area contributed by atoms with Gasteiger partial charge >= 0.3 is 0 Å². The largest absolute Gasteiger partial charge is 0.396 e. The smallest absolute Gasteiger partial charge is 0.187 e. The molecule has 0 aromatic carbocycles. The van der Waals surface area contributed by atoms with Crippen molar-refractivity contribution in [3.8, 4) is 0 Å². The number of ether oxygens (including phenoxy) is 7. The molecular formula is C55H94O23. The van der Waals surface area contributed by atoms with Crippen molar-refractivity contribution in [1.82, 2.24) is 0 Å². The van der Waals surface area contributed by atoms with Crippen LogP contribution in [0.5, 0.6) is 0 Å². The second-order valence-corrected chi connectivity index (χ2v) is 26.3. The van der Waals surface area contributed by atoms with Gasteiger partial charge in [-0.3, -0.25) is 0 Å². The first kappa shape index (κ1) is 62.9. The van der Waals surface area contributed by atoms with Crippen molar-refractivity contribution in [2.75, 3.05) is 26.4 Å². The Morgan fingerprint density at radius 2 is 1.18 bits per heavy atom. The van der Waals surface area contributed by atoms with Crippen LogP contribution in [-0.2, 0) is 33.2 Å². The molecule has 8 aliphatic rings. The summed E-state index contributed by atoms with van der Waals surface area (Å²) in [6.07, 6.45) is -24.5. The summed E-state index contributed by atoms with van der Waals surface area (Å²) >= 11 is 0. The Kier molecular flexibility index (Phi) is 19.1. The fourth-order valence-electron chi connectivity index (χ4n) is 16.2. The number of aliphatic hydroxyl groups excluding tert-OH is 15. The van der Waals surface area contributed by atoms with Crippen LogP contribution >= 0.6 is 0 Å². The fourth-order valence-corrected chi connectivity index (χ4v) is 16.2. The van der Waals surface area contributed by atoms with Gasteiger partial charge in [-0.05, 0) is 106 Å². The van der Waals surface area contributed by atoms with Gasteiger partial charge in [0.15, 0.2) is 18.9 Å². The zero-order valence-corrected chi connectivity index (χ0v) is 46.4. The molecule has 0 radical (unpaired) electrons. The van der Waals surface area contributed by atoms with Crippen molar-refractivity contribution in [1.29, 1.82) is 0 Å². The van der Waals surface area contributed by atoms with Gasteiger partial charge in [-0.25, -0.2) is 0 Å². The van der Waals surface area contributed by atoms with E-state index in [2.05, 4.69) is 47.6 Å².